The molecule has 4 aromatic rings. The first-order chi connectivity index (χ1) is 17.9. The standard InChI is InChI=1S/C28H31N3O5S/c1-4-31-24-10-6-5-9-22(24)23-16-20(11-13-25(23)31)29-28(32)19-8-7-15-30(18-19)37(33,34)27-17-21(35-2)12-14-26(27)36-3/h5-6,9-14,16-17,19H,4,7-8,15,18H2,1-3H3,(H,29,32)/t19-/m0/s1. The summed E-state index contributed by atoms with van der Waals surface area (Å²) in [5, 5.41) is 5.25. The predicted molar refractivity (Wildman–Crippen MR) is 145 cm³/mol. The molecule has 5 rings (SSSR count). The first-order valence-corrected chi connectivity index (χ1v) is 13.9. The Balaban J connectivity index is 1.38. The highest BCUT2D eigenvalue weighted by Crippen LogP contribution is 2.34. The van der Waals surface area contributed by atoms with Crippen LogP contribution < -0.4 is 14.8 Å². The van der Waals surface area contributed by atoms with Gasteiger partial charge < -0.3 is 19.4 Å². The monoisotopic (exact) mass is 521 g/mol. The molecule has 1 aliphatic heterocycles. The van der Waals surface area contributed by atoms with Gasteiger partial charge in [0.2, 0.25) is 15.9 Å². The van der Waals surface area contributed by atoms with E-state index in [2.05, 4.69) is 28.9 Å². The molecule has 0 radical (unpaired) electrons. The Labute approximate surface area is 216 Å². The average Bonchev–Trinajstić information content (AvgIpc) is 3.25. The van der Waals surface area contributed by atoms with Crippen LogP contribution in [0.3, 0.4) is 0 Å². The number of aryl methyl sites for hydroxylation is 1. The van der Waals surface area contributed by atoms with Crippen LogP contribution in [0.5, 0.6) is 11.5 Å². The molecule has 37 heavy (non-hydrogen) atoms. The number of carbonyl (C=O) groups is 1. The highest BCUT2D eigenvalue weighted by atomic mass is 32.2. The number of sulfonamides is 1. The fourth-order valence-electron chi connectivity index (χ4n) is 5.22. The van der Waals surface area contributed by atoms with Crippen molar-refractivity contribution in [1.82, 2.24) is 8.87 Å². The fourth-order valence-corrected chi connectivity index (χ4v) is 6.91. The van der Waals surface area contributed by atoms with Crippen LogP contribution in [0.4, 0.5) is 5.69 Å². The maximum absolute atomic E-state index is 13.5. The van der Waals surface area contributed by atoms with Gasteiger partial charge in [-0.3, -0.25) is 4.79 Å². The van der Waals surface area contributed by atoms with Gasteiger partial charge in [0.15, 0.2) is 0 Å². The van der Waals surface area contributed by atoms with E-state index in [1.807, 2.05) is 30.3 Å². The van der Waals surface area contributed by atoms with Crippen LogP contribution in [0.15, 0.2) is 65.6 Å². The number of carbonyl (C=O) groups excluding carboxylic acids is 1. The number of aromatic nitrogens is 1. The number of hydrogen-bond acceptors (Lipinski definition) is 5. The molecule has 194 valence electrons. The largest absolute Gasteiger partial charge is 0.497 e. The van der Waals surface area contributed by atoms with Gasteiger partial charge in [-0.2, -0.15) is 4.31 Å². The van der Waals surface area contributed by atoms with Gasteiger partial charge in [-0.1, -0.05) is 18.2 Å². The SMILES string of the molecule is CCn1c2ccccc2c2cc(NC(=O)[C@H]3CCCN(S(=O)(=O)c4cc(OC)ccc4OC)C3)ccc21. The highest BCUT2D eigenvalue weighted by Gasteiger charge is 2.35. The van der Waals surface area contributed by atoms with Crippen molar-refractivity contribution in [3.63, 3.8) is 0 Å². The smallest absolute Gasteiger partial charge is 0.246 e. The van der Waals surface area contributed by atoms with Crippen LogP contribution in [0, 0.1) is 5.92 Å². The number of nitrogens with one attached hydrogen (secondary N) is 1. The molecule has 8 nitrogen and oxygen atoms in total. The van der Waals surface area contributed by atoms with Crippen LogP contribution in [0.1, 0.15) is 19.8 Å². The molecular weight excluding hydrogens is 490 g/mol. The van der Waals surface area contributed by atoms with Crippen molar-refractivity contribution in [3.8, 4) is 11.5 Å². The first kappa shape index (κ1) is 25.1. The minimum Gasteiger partial charge on any atom is -0.497 e. The zero-order valence-electron chi connectivity index (χ0n) is 21.2. The van der Waals surface area contributed by atoms with Gasteiger partial charge >= 0.3 is 0 Å². The predicted octanol–water partition coefficient (Wildman–Crippen LogP) is 4.87. The van der Waals surface area contributed by atoms with Crippen molar-refractivity contribution in [2.75, 3.05) is 32.6 Å². The maximum atomic E-state index is 13.5. The molecule has 0 unspecified atom stereocenters. The van der Waals surface area contributed by atoms with Crippen molar-refractivity contribution >= 4 is 43.4 Å². The number of fused-ring (bicyclic) bond motifs is 3. The molecule has 1 aliphatic rings. The molecule has 0 saturated carbocycles. The number of benzene rings is 3. The summed E-state index contributed by atoms with van der Waals surface area (Å²) >= 11 is 0. The number of anilines is 1. The van der Waals surface area contributed by atoms with Crippen molar-refractivity contribution in [3.05, 3.63) is 60.7 Å². The molecule has 1 N–H and O–H groups in total. The molecule has 1 atom stereocenters. The van der Waals surface area contributed by atoms with Crippen LogP contribution in [-0.4, -0.2) is 50.5 Å². The van der Waals surface area contributed by atoms with Gasteiger partial charge in [0.1, 0.15) is 16.4 Å². The van der Waals surface area contributed by atoms with Crippen molar-refractivity contribution < 1.29 is 22.7 Å². The Hall–Kier alpha value is -3.56. The normalized spacial score (nSPS) is 16.7. The van der Waals surface area contributed by atoms with E-state index in [4.69, 9.17) is 9.47 Å². The minimum atomic E-state index is -3.88. The lowest BCUT2D eigenvalue weighted by molar-refractivity contribution is -0.120. The fraction of sp³-hybridized carbons (Fsp3) is 0.321. The third-order valence-corrected chi connectivity index (χ3v) is 8.99. The molecule has 1 saturated heterocycles. The second kappa shape index (κ2) is 10.1. The summed E-state index contributed by atoms with van der Waals surface area (Å²) in [6.45, 7) is 3.41. The zero-order chi connectivity index (χ0) is 26.2. The quantitative estimate of drug-likeness (QED) is 0.375. The van der Waals surface area contributed by atoms with Gasteiger partial charge in [0, 0.05) is 53.2 Å². The molecule has 1 amide bonds. The Morgan fingerprint density at radius 1 is 1.00 bits per heavy atom. The van der Waals surface area contributed by atoms with E-state index in [1.54, 1.807) is 12.1 Å². The Bertz CT molecular complexity index is 1580. The summed E-state index contributed by atoms with van der Waals surface area (Å²) in [6, 6.07) is 18.9. The average molecular weight is 522 g/mol. The van der Waals surface area contributed by atoms with Crippen LogP contribution in [0.2, 0.25) is 0 Å². The molecule has 2 heterocycles. The maximum Gasteiger partial charge on any atom is 0.246 e. The molecular formula is C28H31N3O5S. The summed E-state index contributed by atoms with van der Waals surface area (Å²) in [5.74, 6) is 0.0151. The molecule has 1 aromatic heterocycles. The van der Waals surface area contributed by atoms with Crippen molar-refractivity contribution in [1.29, 1.82) is 0 Å². The summed E-state index contributed by atoms with van der Waals surface area (Å²) in [4.78, 5) is 13.3. The highest BCUT2D eigenvalue weighted by molar-refractivity contribution is 7.89. The van der Waals surface area contributed by atoms with E-state index < -0.39 is 15.9 Å². The van der Waals surface area contributed by atoms with E-state index in [-0.39, 0.29) is 23.1 Å². The first-order valence-electron chi connectivity index (χ1n) is 12.4. The second-order valence-corrected chi connectivity index (χ2v) is 11.1. The summed E-state index contributed by atoms with van der Waals surface area (Å²) in [7, 11) is -0.969. The summed E-state index contributed by atoms with van der Waals surface area (Å²) in [6.07, 6.45) is 1.21. The topological polar surface area (TPSA) is 89.9 Å². The van der Waals surface area contributed by atoms with E-state index in [1.165, 1.54) is 24.6 Å². The Morgan fingerprint density at radius 2 is 1.78 bits per heavy atom. The lowest BCUT2D eigenvalue weighted by atomic mass is 9.98. The third-order valence-electron chi connectivity index (χ3n) is 7.10. The Morgan fingerprint density at radius 3 is 2.54 bits per heavy atom. The van der Waals surface area contributed by atoms with E-state index in [9.17, 15) is 13.2 Å². The van der Waals surface area contributed by atoms with Crippen molar-refractivity contribution in [2.45, 2.75) is 31.2 Å². The lowest BCUT2D eigenvalue weighted by Gasteiger charge is -2.31. The summed E-state index contributed by atoms with van der Waals surface area (Å²) in [5.41, 5.74) is 2.97. The number of ether oxygens (including phenoxy) is 2. The van der Waals surface area contributed by atoms with Gasteiger partial charge in [-0.05, 0) is 56.2 Å². The van der Waals surface area contributed by atoms with Crippen LogP contribution in [0.25, 0.3) is 21.8 Å². The molecule has 1 fully saturated rings. The second-order valence-electron chi connectivity index (χ2n) is 9.20. The number of nitrogens with zero attached hydrogens (tertiary/aromatic N) is 2. The van der Waals surface area contributed by atoms with Crippen molar-refractivity contribution in [2.24, 2.45) is 5.92 Å². The van der Waals surface area contributed by atoms with Crippen LogP contribution >= 0.6 is 0 Å². The van der Waals surface area contributed by atoms with E-state index in [0.717, 1.165) is 28.4 Å². The number of piperidine rings is 1. The number of para-hydroxylation sites is 1. The molecule has 0 spiro atoms. The molecule has 3 aromatic carbocycles. The molecule has 9 heteroatoms. The van der Waals surface area contributed by atoms with Gasteiger partial charge in [0.25, 0.3) is 0 Å². The third kappa shape index (κ3) is 4.53. The van der Waals surface area contributed by atoms with Crippen LogP contribution in [-0.2, 0) is 21.4 Å². The minimum absolute atomic E-state index is 0.0353. The number of methoxy groups -OCH3 is 2. The van der Waals surface area contributed by atoms with Gasteiger partial charge in [0.05, 0.1) is 20.1 Å². The Kier molecular flexibility index (Phi) is 6.83. The van der Waals surface area contributed by atoms with Gasteiger partial charge in [-0.15, -0.1) is 0 Å². The van der Waals surface area contributed by atoms with Gasteiger partial charge in [-0.25, -0.2) is 8.42 Å². The number of amides is 1. The lowest BCUT2D eigenvalue weighted by Crippen LogP contribution is -2.43. The zero-order valence-corrected chi connectivity index (χ0v) is 22.0. The molecule has 0 bridgehead atoms. The molecule has 0 aliphatic carbocycles. The number of hydrogen-bond donors (Lipinski definition) is 1. The van der Waals surface area contributed by atoms with E-state index >= 15 is 0 Å². The number of rotatable bonds is 7. The van der Waals surface area contributed by atoms with E-state index in [0.29, 0.717) is 30.8 Å². The summed E-state index contributed by atoms with van der Waals surface area (Å²) < 4.78 is 41.2.